The molecule has 1 atom stereocenters. The van der Waals surface area contributed by atoms with Crippen LogP contribution in [0.5, 0.6) is 5.75 Å². The molecule has 0 radical (unpaired) electrons. The van der Waals surface area contributed by atoms with Crippen molar-refractivity contribution in [2.24, 2.45) is 0 Å². The van der Waals surface area contributed by atoms with Gasteiger partial charge in [0, 0.05) is 5.02 Å². The largest absolute Gasteiger partial charge is 0.491 e. The number of likely N-dealkylation sites (N-methyl/N-ethyl adjacent to an activating group) is 1. The summed E-state index contributed by atoms with van der Waals surface area (Å²) in [5.41, 5.74) is -0.210. The van der Waals surface area contributed by atoms with E-state index >= 15 is 0 Å². The van der Waals surface area contributed by atoms with Crippen LogP contribution in [0.1, 0.15) is 12.5 Å². The van der Waals surface area contributed by atoms with Gasteiger partial charge in [0.25, 0.3) is 0 Å². The zero-order valence-corrected chi connectivity index (χ0v) is 10.8. The molecule has 5 heteroatoms. The molecule has 0 aliphatic carbocycles. The minimum atomic E-state index is -1.10. The van der Waals surface area contributed by atoms with E-state index in [0.29, 0.717) is 10.8 Å². The van der Waals surface area contributed by atoms with Gasteiger partial charge in [-0.2, -0.15) is 0 Å². The van der Waals surface area contributed by atoms with Crippen LogP contribution in [0.2, 0.25) is 5.02 Å². The fourth-order valence-electron chi connectivity index (χ4n) is 1.18. The van der Waals surface area contributed by atoms with E-state index in [0.717, 1.165) is 5.56 Å². The van der Waals surface area contributed by atoms with Crippen LogP contribution in [0.4, 0.5) is 0 Å². The molecule has 1 aromatic rings. The van der Waals surface area contributed by atoms with Crippen LogP contribution in [0, 0.1) is 6.92 Å². The van der Waals surface area contributed by atoms with Crippen LogP contribution >= 0.6 is 11.6 Å². The Labute approximate surface area is 106 Å². The predicted molar refractivity (Wildman–Crippen MR) is 66.8 cm³/mol. The third-order valence-electron chi connectivity index (χ3n) is 2.68. The number of rotatable bonds is 5. The SMILES string of the molecule is CNC(C)(COc1ccc(Cl)c(C)c1)C(=O)O. The highest BCUT2D eigenvalue weighted by molar-refractivity contribution is 6.31. The molecular formula is C12H16ClNO3. The van der Waals surface area contributed by atoms with E-state index < -0.39 is 11.5 Å². The van der Waals surface area contributed by atoms with Gasteiger partial charge in [-0.05, 0) is 44.7 Å². The van der Waals surface area contributed by atoms with Crippen LogP contribution in [-0.4, -0.2) is 30.3 Å². The summed E-state index contributed by atoms with van der Waals surface area (Å²) < 4.78 is 5.46. The highest BCUT2D eigenvalue weighted by atomic mass is 35.5. The first kappa shape index (κ1) is 13.8. The van der Waals surface area contributed by atoms with Gasteiger partial charge in [-0.1, -0.05) is 11.6 Å². The first-order valence-electron chi connectivity index (χ1n) is 5.20. The Balaban J connectivity index is 2.73. The van der Waals surface area contributed by atoms with E-state index in [2.05, 4.69) is 5.32 Å². The van der Waals surface area contributed by atoms with Crippen molar-refractivity contribution in [3.05, 3.63) is 28.8 Å². The van der Waals surface area contributed by atoms with Crippen molar-refractivity contribution < 1.29 is 14.6 Å². The molecule has 0 saturated heterocycles. The zero-order valence-electron chi connectivity index (χ0n) is 10.1. The smallest absolute Gasteiger partial charge is 0.327 e. The molecule has 0 amide bonds. The Kier molecular flexibility index (Phi) is 4.37. The molecule has 1 aromatic carbocycles. The molecule has 2 N–H and O–H groups in total. The maximum absolute atomic E-state index is 11.0. The minimum absolute atomic E-state index is 0.0416. The topological polar surface area (TPSA) is 58.6 Å². The van der Waals surface area contributed by atoms with Crippen LogP contribution in [-0.2, 0) is 4.79 Å². The lowest BCUT2D eigenvalue weighted by atomic mass is 10.1. The molecule has 0 aliphatic heterocycles. The normalized spacial score (nSPS) is 14.1. The monoisotopic (exact) mass is 257 g/mol. The Morgan fingerprint density at radius 1 is 1.59 bits per heavy atom. The fourth-order valence-corrected chi connectivity index (χ4v) is 1.29. The van der Waals surface area contributed by atoms with Gasteiger partial charge in [0.15, 0.2) is 0 Å². The molecule has 0 fully saturated rings. The summed E-state index contributed by atoms with van der Waals surface area (Å²) in [5, 5.41) is 12.4. The number of hydrogen-bond donors (Lipinski definition) is 2. The van der Waals surface area contributed by atoms with Crippen molar-refractivity contribution in [3.8, 4) is 5.75 Å². The average Bonchev–Trinajstić information content (AvgIpc) is 2.30. The highest BCUT2D eigenvalue weighted by Gasteiger charge is 2.32. The molecule has 0 saturated carbocycles. The average molecular weight is 258 g/mol. The van der Waals surface area contributed by atoms with Gasteiger partial charge in [0.2, 0.25) is 0 Å². The van der Waals surface area contributed by atoms with E-state index in [1.54, 1.807) is 32.2 Å². The highest BCUT2D eigenvalue weighted by Crippen LogP contribution is 2.21. The number of halogens is 1. The molecule has 0 aromatic heterocycles. The summed E-state index contributed by atoms with van der Waals surface area (Å²) in [6.45, 7) is 3.47. The lowest BCUT2D eigenvalue weighted by Crippen LogP contribution is -2.52. The number of benzene rings is 1. The summed E-state index contributed by atoms with van der Waals surface area (Å²) in [4.78, 5) is 11.0. The first-order valence-corrected chi connectivity index (χ1v) is 5.58. The van der Waals surface area contributed by atoms with Crippen LogP contribution < -0.4 is 10.1 Å². The molecular weight excluding hydrogens is 242 g/mol. The molecule has 0 aliphatic rings. The van der Waals surface area contributed by atoms with E-state index in [4.69, 9.17) is 21.4 Å². The van der Waals surface area contributed by atoms with Gasteiger partial charge in [-0.15, -0.1) is 0 Å². The number of carboxylic acids is 1. The number of carboxylic acid groups (broad SMARTS) is 1. The van der Waals surface area contributed by atoms with Crippen molar-refractivity contribution in [1.29, 1.82) is 0 Å². The second-order valence-corrected chi connectivity index (χ2v) is 4.49. The third-order valence-corrected chi connectivity index (χ3v) is 3.10. The van der Waals surface area contributed by atoms with E-state index in [1.807, 2.05) is 6.92 Å². The van der Waals surface area contributed by atoms with Gasteiger partial charge in [-0.3, -0.25) is 4.79 Å². The van der Waals surface area contributed by atoms with Gasteiger partial charge in [-0.25, -0.2) is 0 Å². The molecule has 94 valence electrons. The van der Waals surface area contributed by atoms with Crippen molar-refractivity contribution in [1.82, 2.24) is 5.32 Å². The molecule has 17 heavy (non-hydrogen) atoms. The van der Waals surface area contributed by atoms with Crippen molar-refractivity contribution in [2.75, 3.05) is 13.7 Å². The molecule has 1 unspecified atom stereocenters. The number of aliphatic carboxylic acids is 1. The Bertz CT molecular complexity index is 422. The molecule has 4 nitrogen and oxygen atoms in total. The van der Waals surface area contributed by atoms with E-state index in [-0.39, 0.29) is 6.61 Å². The molecule has 0 bridgehead atoms. The third kappa shape index (κ3) is 3.35. The van der Waals surface area contributed by atoms with Crippen LogP contribution in [0.3, 0.4) is 0 Å². The molecule has 0 heterocycles. The van der Waals surface area contributed by atoms with Crippen molar-refractivity contribution in [2.45, 2.75) is 19.4 Å². The standard InChI is InChI=1S/C12H16ClNO3/c1-8-6-9(4-5-10(8)13)17-7-12(2,14-3)11(15)16/h4-6,14H,7H2,1-3H3,(H,15,16). The Morgan fingerprint density at radius 2 is 2.24 bits per heavy atom. The predicted octanol–water partition coefficient (Wildman–Crippen LogP) is 2.09. The van der Waals surface area contributed by atoms with E-state index in [9.17, 15) is 4.79 Å². The van der Waals surface area contributed by atoms with E-state index in [1.165, 1.54) is 0 Å². The second kappa shape index (κ2) is 5.38. The Hall–Kier alpha value is -1.26. The Morgan fingerprint density at radius 3 is 2.71 bits per heavy atom. The number of ether oxygens (including phenoxy) is 1. The molecule has 0 spiro atoms. The summed E-state index contributed by atoms with van der Waals surface area (Å²) >= 11 is 5.89. The second-order valence-electron chi connectivity index (χ2n) is 4.09. The maximum Gasteiger partial charge on any atom is 0.327 e. The number of hydrogen-bond acceptors (Lipinski definition) is 3. The first-order chi connectivity index (χ1) is 7.89. The fraction of sp³-hybridized carbons (Fsp3) is 0.417. The number of nitrogens with one attached hydrogen (secondary N) is 1. The van der Waals surface area contributed by atoms with Gasteiger partial charge < -0.3 is 15.2 Å². The van der Waals surface area contributed by atoms with Gasteiger partial charge >= 0.3 is 5.97 Å². The number of aryl methyl sites for hydroxylation is 1. The summed E-state index contributed by atoms with van der Waals surface area (Å²) in [6, 6.07) is 5.22. The zero-order chi connectivity index (χ0) is 13.1. The van der Waals surface area contributed by atoms with Crippen LogP contribution in [0.25, 0.3) is 0 Å². The summed E-state index contributed by atoms with van der Waals surface area (Å²) in [7, 11) is 1.59. The lowest BCUT2D eigenvalue weighted by molar-refractivity contribution is -0.145. The summed E-state index contributed by atoms with van der Waals surface area (Å²) in [6.07, 6.45) is 0. The lowest BCUT2D eigenvalue weighted by Gasteiger charge is -2.24. The maximum atomic E-state index is 11.0. The summed E-state index contributed by atoms with van der Waals surface area (Å²) in [5.74, 6) is -0.347. The number of carbonyl (C=O) groups is 1. The van der Waals surface area contributed by atoms with Gasteiger partial charge in [0.05, 0.1) is 0 Å². The van der Waals surface area contributed by atoms with Crippen molar-refractivity contribution in [3.63, 3.8) is 0 Å². The van der Waals surface area contributed by atoms with Crippen LogP contribution in [0.15, 0.2) is 18.2 Å². The van der Waals surface area contributed by atoms with Crippen molar-refractivity contribution >= 4 is 17.6 Å². The minimum Gasteiger partial charge on any atom is -0.491 e. The molecule has 1 rings (SSSR count). The quantitative estimate of drug-likeness (QED) is 0.848. The van der Waals surface area contributed by atoms with Gasteiger partial charge in [0.1, 0.15) is 17.9 Å².